The zero-order valence-electron chi connectivity index (χ0n) is 15.5. The van der Waals surface area contributed by atoms with Gasteiger partial charge in [0.15, 0.2) is 11.0 Å². The van der Waals surface area contributed by atoms with Gasteiger partial charge >= 0.3 is 0 Å². The van der Waals surface area contributed by atoms with Gasteiger partial charge in [0.25, 0.3) is 0 Å². The number of aromatic nitrogens is 3. The summed E-state index contributed by atoms with van der Waals surface area (Å²) in [5.41, 5.74) is 0.954. The van der Waals surface area contributed by atoms with Crippen molar-refractivity contribution >= 4 is 17.7 Å². The molecule has 7 heteroatoms. The molecule has 0 N–H and O–H groups in total. The standard InChI is InChI=1S/C21H22N4O2S/c26-20(24-13-7-8-14-24)16-28-21-23-22-19(15-27-18-11-5-2-6-12-18)25(21)17-9-3-1-4-10-17/h1-6,9-12H,7-8,13-16H2. The maximum Gasteiger partial charge on any atom is 0.233 e. The van der Waals surface area contributed by atoms with Crippen molar-refractivity contribution in [3.63, 3.8) is 0 Å². The molecule has 0 atom stereocenters. The highest BCUT2D eigenvalue weighted by Crippen LogP contribution is 2.24. The van der Waals surface area contributed by atoms with Gasteiger partial charge in [0.1, 0.15) is 12.4 Å². The van der Waals surface area contributed by atoms with Crippen LogP contribution >= 0.6 is 11.8 Å². The zero-order chi connectivity index (χ0) is 19.2. The monoisotopic (exact) mass is 394 g/mol. The van der Waals surface area contributed by atoms with Gasteiger partial charge in [-0.15, -0.1) is 10.2 Å². The number of para-hydroxylation sites is 2. The number of thioether (sulfide) groups is 1. The Morgan fingerprint density at radius 2 is 1.64 bits per heavy atom. The van der Waals surface area contributed by atoms with Crippen LogP contribution in [-0.4, -0.2) is 44.4 Å². The van der Waals surface area contributed by atoms with Crippen molar-refractivity contribution < 1.29 is 9.53 Å². The number of nitrogens with zero attached hydrogens (tertiary/aromatic N) is 4. The second-order valence-electron chi connectivity index (χ2n) is 6.55. The van der Waals surface area contributed by atoms with Crippen LogP contribution in [-0.2, 0) is 11.4 Å². The third-order valence-corrected chi connectivity index (χ3v) is 5.52. The van der Waals surface area contributed by atoms with E-state index in [9.17, 15) is 4.79 Å². The van der Waals surface area contributed by atoms with Crippen molar-refractivity contribution in [2.24, 2.45) is 0 Å². The number of likely N-dealkylation sites (tertiary alicyclic amines) is 1. The van der Waals surface area contributed by atoms with E-state index in [1.54, 1.807) is 0 Å². The molecule has 0 bridgehead atoms. The molecular weight excluding hydrogens is 372 g/mol. The lowest BCUT2D eigenvalue weighted by molar-refractivity contribution is -0.127. The summed E-state index contributed by atoms with van der Waals surface area (Å²) in [5, 5.41) is 9.35. The second kappa shape index (κ2) is 8.93. The lowest BCUT2D eigenvalue weighted by Crippen LogP contribution is -2.29. The molecule has 6 nitrogen and oxygen atoms in total. The van der Waals surface area contributed by atoms with E-state index < -0.39 is 0 Å². The number of carbonyl (C=O) groups excluding carboxylic acids is 1. The van der Waals surface area contributed by atoms with Gasteiger partial charge in [-0.2, -0.15) is 0 Å². The molecule has 28 heavy (non-hydrogen) atoms. The number of hydrogen-bond donors (Lipinski definition) is 0. The molecule has 0 aliphatic carbocycles. The van der Waals surface area contributed by atoms with Gasteiger partial charge in [-0.25, -0.2) is 0 Å². The first-order valence-electron chi connectivity index (χ1n) is 9.39. The van der Waals surface area contributed by atoms with Crippen molar-refractivity contribution in [2.75, 3.05) is 18.8 Å². The highest BCUT2D eigenvalue weighted by atomic mass is 32.2. The quantitative estimate of drug-likeness (QED) is 0.574. The summed E-state index contributed by atoms with van der Waals surface area (Å²) in [6, 6.07) is 19.6. The summed E-state index contributed by atoms with van der Waals surface area (Å²) < 4.78 is 7.83. The first-order chi connectivity index (χ1) is 13.8. The Bertz CT molecular complexity index is 909. The SMILES string of the molecule is O=C(CSc1nnc(COc2ccccc2)n1-c1ccccc1)N1CCCC1. The van der Waals surface area contributed by atoms with Gasteiger partial charge in [0.05, 0.1) is 5.75 Å². The first kappa shape index (κ1) is 18.6. The largest absolute Gasteiger partial charge is 0.486 e. The van der Waals surface area contributed by atoms with E-state index in [0.29, 0.717) is 23.3 Å². The highest BCUT2D eigenvalue weighted by molar-refractivity contribution is 7.99. The number of hydrogen-bond acceptors (Lipinski definition) is 5. The first-order valence-corrected chi connectivity index (χ1v) is 10.4. The molecule has 1 aliphatic rings. The van der Waals surface area contributed by atoms with E-state index >= 15 is 0 Å². The fourth-order valence-corrected chi connectivity index (χ4v) is 4.05. The smallest absolute Gasteiger partial charge is 0.233 e. The minimum absolute atomic E-state index is 0.159. The molecule has 2 heterocycles. The average molecular weight is 395 g/mol. The number of carbonyl (C=O) groups is 1. The van der Waals surface area contributed by atoms with E-state index in [1.807, 2.05) is 70.1 Å². The van der Waals surface area contributed by atoms with Crippen molar-refractivity contribution in [3.8, 4) is 11.4 Å². The molecule has 144 valence electrons. The molecule has 0 radical (unpaired) electrons. The zero-order valence-corrected chi connectivity index (χ0v) is 16.3. The fraction of sp³-hybridized carbons (Fsp3) is 0.286. The summed E-state index contributed by atoms with van der Waals surface area (Å²) in [6.45, 7) is 2.02. The van der Waals surface area contributed by atoms with Crippen molar-refractivity contribution in [1.29, 1.82) is 0 Å². The third-order valence-electron chi connectivity index (χ3n) is 4.61. The molecule has 4 rings (SSSR count). The molecule has 3 aromatic rings. The minimum atomic E-state index is 0.159. The van der Waals surface area contributed by atoms with Crippen LogP contribution in [0.1, 0.15) is 18.7 Å². The van der Waals surface area contributed by atoms with Gasteiger partial charge in [-0.1, -0.05) is 48.2 Å². The lowest BCUT2D eigenvalue weighted by atomic mass is 10.3. The van der Waals surface area contributed by atoms with Crippen LogP contribution in [0.15, 0.2) is 65.8 Å². The highest BCUT2D eigenvalue weighted by Gasteiger charge is 2.20. The van der Waals surface area contributed by atoms with E-state index in [0.717, 1.165) is 37.4 Å². The molecule has 1 aliphatic heterocycles. The Morgan fingerprint density at radius 3 is 2.36 bits per heavy atom. The van der Waals surface area contributed by atoms with Crippen LogP contribution in [0.4, 0.5) is 0 Å². The average Bonchev–Trinajstić information content (AvgIpc) is 3.42. The van der Waals surface area contributed by atoms with Crippen LogP contribution in [0.25, 0.3) is 5.69 Å². The van der Waals surface area contributed by atoms with E-state index in [1.165, 1.54) is 11.8 Å². The number of rotatable bonds is 7. The topological polar surface area (TPSA) is 60.2 Å². The summed E-state index contributed by atoms with van der Waals surface area (Å²) in [4.78, 5) is 14.3. The van der Waals surface area contributed by atoms with Gasteiger partial charge in [-0.05, 0) is 37.1 Å². The number of amides is 1. The van der Waals surface area contributed by atoms with Crippen molar-refractivity contribution in [1.82, 2.24) is 19.7 Å². The van der Waals surface area contributed by atoms with E-state index in [2.05, 4.69) is 10.2 Å². The summed E-state index contributed by atoms with van der Waals surface area (Å²) in [7, 11) is 0. The Balaban J connectivity index is 1.52. The van der Waals surface area contributed by atoms with Gasteiger partial charge in [0.2, 0.25) is 5.91 Å². The number of benzene rings is 2. The van der Waals surface area contributed by atoms with Crippen molar-refractivity contribution in [3.05, 3.63) is 66.5 Å². The van der Waals surface area contributed by atoms with Gasteiger partial charge in [-0.3, -0.25) is 9.36 Å². The molecule has 1 fully saturated rings. The molecule has 2 aromatic carbocycles. The maximum atomic E-state index is 12.4. The van der Waals surface area contributed by atoms with Crippen molar-refractivity contribution in [2.45, 2.75) is 24.6 Å². The lowest BCUT2D eigenvalue weighted by Gasteiger charge is -2.15. The third kappa shape index (κ3) is 4.36. The predicted molar refractivity (Wildman–Crippen MR) is 109 cm³/mol. The number of ether oxygens (including phenoxy) is 1. The Morgan fingerprint density at radius 1 is 0.964 bits per heavy atom. The van der Waals surface area contributed by atoms with Crippen LogP contribution in [0.5, 0.6) is 5.75 Å². The molecule has 0 spiro atoms. The predicted octanol–water partition coefficient (Wildman–Crippen LogP) is 3.56. The molecule has 1 amide bonds. The molecular formula is C21H22N4O2S. The van der Waals surface area contributed by atoms with E-state index in [-0.39, 0.29) is 5.91 Å². The minimum Gasteiger partial charge on any atom is -0.486 e. The molecule has 1 aromatic heterocycles. The maximum absolute atomic E-state index is 12.4. The van der Waals surface area contributed by atoms with Crippen LogP contribution in [0.2, 0.25) is 0 Å². The van der Waals surface area contributed by atoms with Crippen LogP contribution in [0.3, 0.4) is 0 Å². The molecule has 1 saturated heterocycles. The fourth-order valence-electron chi connectivity index (χ4n) is 3.17. The Labute approximate surface area is 168 Å². The Hall–Kier alpha value is -2.80. The summed E-state index contributed by atoms with van der Waals surface area (Å²) >= 11 is 1.42. The molecule has 0 unspecified atom stereocenters. The van der Waals surface area contributed by atoms with E-state index in [4.69, 9.17) is 4.74 Å². The Kier molecular flexibility index (Phi) is 5.92. The summed E-state index contributed by atoms with van der Waals surface area (Å²) in [6.07, 6.45) is 2.19. The van der Waals surface area contributed by atoms with Gasteiger partial charge in [0, 0.05) is 18.8 Å². The normalized spacial score (nSPS) is 13.6. The van der Waals surface area contributed by atoms with Crippen LogP contribution in [0, 0.1) is 0 Å². The second-order valence-corrected chi connectivity index (χ2v) is 7.49. The van der Waals surface area contributed by atoms with Gasteiger partial charge < -0.3 is 9.64 Å². The molecule has 0 saturated carbocycles. The van der Waals surface area contributed by atoms with Crippen LogP contribution < -0.4 is 4.74 Å². The summed E-state index contributed by atoms with van der Waals surface area (Å²) in [5.74, 6) is 2.01.